The van der Waals surface area contributed by atoms with E-state index in [4.69, 9.17) is 0 Å². The molecule has 1 aromatic heterocycles. The number of anilines is 1. The Morgan fingerprint density at radius 2 is 2.43 bits per heavy atom. The Hall–Kier alpha value is -0.610. The Morgan fingerprint density at radius 3 is 3.07 bits per heavy atom. The molecule has 1 aromatic rings. The van der Waals surface area contributed by atoms with Crippen molar-refractivity contribution in [3.8, 4) is 0 Å². The zero-order valence-corrected chi connectivity index (χ0v) is 9.76. The van der Waals surface area contributed by atoms with Crippen molar-refractivity contribution in [1.82, 2.24) is 10.3 Å². The van der Waals surface area contributed by atoms with Crippen LogP contribution in [-0.2, 0) is 0 Å². The summed E-state index contributed by atoms with van der Waals surface area (Å²) >= 11 is 3.44. The van der Waals surface area contributed by atoms with Gasteiger partial charge < -0.3 is 10.6 Å². The van der Waals surface area contributed by atoms with E-state index < -0.39 is 0 Å². The second-order valence-corrected chi connectivity index (χ2v) is 4.45. The van der Waals surface area contributed by atoms with Gasteiger partial charge in [-0.2, -0.15) is 0 Å². The normalized spacial score (nSPS) is 21.1. The monoisotopic (exact) mass is 255 g/mol. The summed E-state index contributed by atoms with van der Waals surface area (Å²) < 4.78 is 1.06. The molecule has 1 atom stereocenters. The third kappa shape index (κ3) is 2.25. The lowest BCUT2D eigenvalue weighted by atomic mass is 10.2. The van der Waals surface area contributed by atoms with Crippen LogP contribution in [0.3, 0.4) is 0 Å². The van der Waals surface area contributed by atoms with Crippen molar-refractivity contribution in [3.05, 3.63) is 22.3 Å². The maximum Gasteiger partial charge on any atom is 0.126 e. The topological polar surface area (TPSA) is 37.0 Å². The first-order valence-corrected chi connectivity index (χ1v) is 5.65. The van der Waals surface area contributed by atoms with E-state index in [0.717, 1.165) is 29.1 Å². The van der Waals surface area contributed by atoms with Gasteiger partial charge in [-0.1, -0.05) is 0 Å². The molecule has 1 saturated heterocycles. The van der Waals surface area contributed by atoms with Gasteiger partial charge in [-0.3, -0.25) is 0 Å². The quantitative estimate of drug-likeness (QED) is 0.848. The van der Waals surface area contributed by atoms with Crippen LogP contribution in [0.1, 0.15) is 12.1 Å². The highest BCUT2D eigenvalue weighted by atomic mass is 79.9. The Morgan fingerprint density at radius 1 is 1.57 bits per heavy atom. The molecule has 2 rings (SSSR count). The standard InChI is InChI=1S/C10H14BrN3/c1-7-9(11)2-3-10(13-7)14-8-4-5-12-6-8/h2-3,8,12H,4-6H2,1H3,(H,13,14). The Labute approximate surface area is 92.4 Å². The molecular weight excluding hydrogens is 242 g/mol. The van der Waals surface area contributed by atoms with Crippen molar-refractivity contribution in [2.75, 3.05) is 18.4 Å². The molecule has 2 heterocycles. The first kappa shape index (κ1) is 9.93. The number of nitrogens with zero attached hydrogens (tertiary/aromatic N) is 1. The highest BCUT2D eigenvalue weighted by Gasteiger charge is 2.14. The van der Waals surface area contributed by atoms with Crippen molar-refractivity contribution in [1.29, 1.82) is 0 Å². The average Bonchev–Trinajstić information content (AvgIpc) is 2.64. The lowest BCUT2D eigenvalue weighted by Crippen LogP contribution is -2.22. The van der Waals surface area contributed by atoms with E-state index in [1.807, 2.05) is 19.1 Å². The van der Waals surface area contributed by atoms with E-state index in [2.05, 4.69) is 31.5 Å². The first-order valence-electron chi connectivity index (χ1n) is 4.86. The van der Waals surface area contributed by atoms with E-state index in [0.29, 0.717) is 6.04 Å². The summed E-state index contributed by atoms with van der Waals surface area (Å²) in [7, 11) is 0. The van der Waals surface area contributed by atoms with Gasteiger partial charge in [0.2, 0.25) is 0 Å². The average molecular weight is 256 g/mol. The van der Waals surface area contributed by atoms with Crippen LogP contribution in [0.15, 0.2) is 16.6 Å². The van der Waals surface area contributed by atoms with Gasteiger partial charge in [0.25, 0.3) is 0 Å². The molecular formula is C10H14BrN3. The van der Waals surface area contributed by atoms with Crippen LogP contribution in [0.4, 0.5) is 5.82 Å². The molecule has 0 aliphatic carbocycles. The van der Waals surface area contributed by atoms with E-state index in [-0.39, 0.29) is 0 Å². The molecule has 0 amide bonds. The molecule has 3 nitrogen and oxygen atoms in total. The molecule has 4 heteroatoms. The molecule has 0 spiro atoms. The Balaban J connectivity index is 2.05. The van der Waals surface area contributed by atoms with Crippen LogP contribution < -0.4 is 10.6 Å². The summed E-state index contributed by atoms with van der Waals surface area (Å²) in [4.78, 5) is 4.45. The van der Waals surface area contributed by atoms with Gasteiger partial charge in [-0.05, 0) is 48.0 Å². The van der Waals surface area contributed by atoms with Crippen LogP contribution in [0.5, 0.6) is 0 Å². The number of pyridine rings is 1. The minimum absolute atomic E-state index is 0.531. The molecule has 0 saturated carbocycles. The maximum atomic E-state index is 4.45. The number of aryl methyl sites for hydroxylation is 1. The second-order valence-electron chi connectivity index (χ2n) is 3.60. The summed E-state index contributed by atoms with van der Waals surface area (Å²) in [6.07, 6.45) is 1.18. The van der Waals surface area contributed by atoms with Crippen LogP contribution >= 0.6 is 15.9 Å². The largest absolute Gasteiger partial charge is 0.366 e. The van der Waals surface area contributed by atoms with Crippen molar-refractivity contribution in [2.45, 2.75) is 19.4 Å². The number of halogens is 1. The van der Waals surface area contributed by atoms with Crippen LogP contribution in [0, 0.1) is 6.92 Å². The molecule has 76 valence electrons. The summed E-state index contributed by atoms with van der Waals surface area (Å²) in [5.74, 6) is 0.972. The van der Waals surface area contributed by atoms with Gasteiger partial charge in [0.15, 0.2) is 0 Å². The molecule has 0 aromatic carbocycles. The molecule has 0 radical (unpaired) electrons. The Kier molecular flexibility index (Phi) is 3.03. The lowest BCUT2D eigenvalue weighted by molar-refractivity contribution is 0.787. The highest BCUT2D eigenvalue weighted by Crippen LogP contribution is 2.17. The summed E-state index contributed by atoms with van der Waals surface area (Å²) in [6.45, 7) is 4.14. The third-order valence-corrected chi connectivity index (χ3v) is 3.27. The van der Waals surface area contributed by atoms with Crippen molar-refractivity contribution in [3.63, 3.8) is 0 Å². The second kappa shape index (κ2) is 4.28. The van der Waals surface area contributed by atoms with Crippen LogP contribution in [0.25, 0.3) is 0 Å². The zero-order chi connectivity index (χ0) is 9.97. The molecule has 0 bridgehead atoms. The predicted octanol–water partition coefficient (Wildman–Crippen LogP) is 1.93. The zero-order valence-electron chi connectivity index (χ0n) is 8.18. The minimum atomic E-state index is 0.531. The van der Waals surface area contributed by atoms with Gasteiger partial charge in [0.1, 0.15) is 5.82 Å². The summed E-state index contributed by atoms with van der Waals surface area (Å²) in [6, 6.07) is 4.57. The number of rotatable bonds is 2. The number of aromatic nitrogens is 1. The van der Waals surface area contributed by atoms with E-state index in [1.165, 1.54) is 6.42 Å². The molecule has 2 N–H and O–H groups in total. The molecule has 1 fully saturated rings. The smallest absolute Gasteiger partial charge is 0.126 e. The van der Waals surface area contributed by atoms with Gasteiger partial charge in [-0.25, -0.2) is 4.98 Å². The van der Waals surface area contributed by atoms with E-state index in [9.17, 15) is 0 Å². The molecule has 1 aliphatic heterocycles. The SMILES string of the molecule is Cc1nc(NC2CCNC2)ccc1Br. The highest BCUT2D eigenvalue weighted by molar-refractivity contribution is 9.10. The van der Waals surface area contributed by atoms with E-state index >= 15 is 0 Å². The summed E-state index contributed by atoms with van der Waals surface area (Å²) in [5.41, 5.74) is 1.03. The fraction of sp³-hybridized carbons (Fsp3) is 0.500. The third-order valence-electron chi connectivity index (χ3n) is 2.43. The van der Waals surface area contributed by atoms with Crippen LogP contribution in [-0.4, -0.2) is 24.1 Å². The predicted molar refractivity (Wildman–Crippen MR) is 61.6 cm³/mol. The molecule has 1 unspecified atom stereocenters. The maximum absolute atomic E-state index is 4.45. The number of hydrogen-bond donors (Lipinski definition) is 2. The Bertz CT molecular complexity index is 321. The summed E-state index contributed by atoms with van der Waals surface area (Å²) in [5, 5.41) is 6.73. The molecule has 14 heavy (non-hydrogen) atoms. The van der Waals surface area contributed by atoms with Gasteiger partial charge in [-0.15, -0.1) is 0 Å². The van der Waals surface area contributed by atoms with Crippen LogP contribution in [0.2, 0.25) is 0 Å². The first-order chi connectivity index (χ1) is 6.75. The number of nitrogens with one attached hydrogen (secondary N) is 2. The van der Waals surface area contributed by atoms with Gasteiger partial charge in [0.05, 0.1) is 5.69 Å². The van der Waals surface area contributed by atoms with Gasteiger partial charge in [0, 0.05) is 17.1 Å². The lowest BCUT2D eigenvalue weighted by Gasteiger charge is -2.12. The van der Waals surface area contributed by atoms with E-state index in [1.54, 1.807) is 0 Å². The minimum Gasteiger partial charge on any atom is -0.366 e. The van der Waals surface area contributed by atoms with Crippen molar-refractivity contribution < 1.29 is 0 Å². The number of hydrogen-bond acceptors (Lipinski definition) is 3. The molecule has 1 aliphatic rings. The fourth-order valence-corrected chi connectivity index (χ4v) is 1.83. The van der Waals surface area contributed by atoms with Gasteiger partial charge >= 0.3 is 0 Å². The van der Waals surface area contributed by atoms with Crippen molar-refractivity contribution in [2.24, 2.45) is 0 Å². The van der Waals surface area contributed by atoms with Crippen molar-refractivity contribution >= 4 is 21.7 Å². The fourth-order valence-electron chi connectivity index (χ4n) is 1.61.